The van der Waals surface area contributed by atoms with Gasteiger partial charge in [0.2, 0.25) is 11.8 Å². The summed E-state index contributed by atoms with van der Waals surface area (Å²) in [6.07, 6.45) is 0.964. The molecule has 3 aromatic rings. The molecule has 0 aliphatic carbocycles. The fraction of sp³-hybridized carbons (Fsp3) is 0.357. The standard InChI is InChI=1S/C28H34N2O3/c1-20(2)18-29-28(32)21(3)30(19-22-12-15-25(33-4)16-13-22)27(31)17-14-24-10-7-9-23-8-5-6-11-26(23)24/h5-13,15-16,20-21H,14,17-19H2,1-4H3,(H,29,32)/t21-/m1/s1. The first kappa shape index (κ1) is 24.3. The molecule has 1 atom stereocenters. The summed E-state index contributed by atoms with van der Waals surface area (Å²) in [5.41, 5.74) is 2.10. The molecule has 1 N–H and O–H groups in total. The number of fused-ring (bicyclic) bond motifs is 1. The second-order valence-electron chi connectivity index (χ2n) is 8.82. The number of nitrogens with zero attached hydrogens (tertiary/aromatic N) is 1. The summed E-state index contributed by atoms with van der Waals surface area (Å²) in [5.74, 6) is 0.940. The van der Waals surface area contributed by atoms with Crippen molar-refractivity contribution in [1.82, 2.24) is 10.2 Å². The van der Waals surface area contributed by atoms with Crippen LogP contribution in [0.3, 0.4) is 0 Å². The lowest BCUT2D eigenvalue weighted by atomic mass is 10.0. The number of rotatable bonds is 10. The number of benzene rings is 3. The highest BCUT2D eigenvalue weighted by molar-refractivity contribution is 5.88. The molecule has 5 nitrogen and oxygen atoms in total. The van der Waals surface area contributed by atoms with Gasteiger partial charge in [-0.3, -0.25) is 9.59 Å². The van der Waals surface area contributed by atoms with Gasteiger partial charge < -0.3 is 15.0 Å². The third kappa shape index (κ3) is 6.58. The van der Waals surface area contributed by atoms with Gasteiger partial charge in [0.25, 0.3) is 0 Å². The average Bonchev–Trinajstić information content (AvgIpc) is 2.84. The van der Waals surface area contributed by atoms with Gasteiger partial charge in [-0.15, -0.1) is 0 Å². The summed E-state index contributed by atoms with van der Waals surface area (Å²) in [5, 5.41) is 5.30. The summed E-state index contributed by atoms with van der Waals surface area (Å²) in [4.78, 5) is 27.9. The van der Waals surface area contributed by atoms with Gasteiger partial charge in [0.05, 0.1) is 7.11 Å². The third-order valence-electron chi connectivity index (χ3n) is 5.85. The fourth-order valence-corrected chi connectivity index (χ4v) is 3.86. The average molecular weight is 447 g/mol. The maximum Gasteiger partial charge on any atom is 0.242 e. The Morgan fingerprint density at radius 3 is 2.33 bits per heavy atom. The summed E-state index contributed by atoms with van der Waals surface area (Å²) < 4.78 is 5.24. The Morgan fingerprint density at radius 1 is 0.939 bits per heavy atom. The van der Waals surface area contributed by atoms with E-state index in [0.717, 1.165) is 22.3 Å². The van der Waals surface area contributed by atoms with Crippen molar-refractivity contribution in [2.45, 2.75) is 46.2 Å². The van der Waals surface area contributed by atoms with E-state index in [4.69, 9.17) is 4.74 Å². The Hall–Kier alpha value is -3.34. The van der Waals surface area contributed by atoms with E-state index in [-0.39, 0.29) is 11.8 Å². The van der Waals surface area contributed by atoms with E-state index >= 15 is 0 Å². The van der Waals surface area contributed by atoms with E-state index in [0.29, 0.717) is 31.8 Å². The Bertz CT molecular complexity index is 1070. The molecule has 0 saturated heterocycles. The monoisotopic (exact) mass is 446 g/mol. The zero-order chi connectivity index (χ0) is 23.8. The normalized spacial score (nSPS) is 11.9. The van der Waals surface area contributed by atoms with Gasteiger partial charge in [-0.2, -0.15) is 0 Å². The van der Waals surface area contributed by atoms with E-state index in [2.05, 4.69) is 43.4 Å². The highest BCUT2D eigenvalue weighted by atomic mass is 16.5. The molecule has 0 spiro atoms. The zero-order valence-corrected chi connectivity index (χ0v) is 20.0. The zero-order valence-electron chi connectivity index (χ0n) is 20.0. The smallest absolute Gasteiger partial charge is 0.242 e. The number of carbonyl (C=O) groups excluding carboxylic acids is 2. The minimum atomic E-state index is -0.564. The van der Waals surface area contributed by atoms with Crippen LogP contribution in [-0.4, -0.2) is 36.4 Å². The van der Waals surface area contributed by atoms with Crippen LogP contribution in [0.2, 0.25) is 0 Å². The third-order valence-corrected chi connectivity index (χ3v) is 5.85. The minimum Gasteiger partial charge on any atom is -0.497 e. The second-order valence-corrected chi connectivity index (χ2v) is 8.82. The van der Waals surface area contributed by atoms with Crippen LogP contribution in [0.4, 0.5) is 0 Å². The lowest BCUT2D eigenvalue weighted by Crippen LogP contribution is -2.48. The molecule has 174 valence electrons. The SMILES string of the molecule is COc1ccc(CN(C(=O)CCc2cccc3ccccc23)[C@H](C)C(=O)NCC(C)C)cc1. The highest BCUT2D eigenvalue weighted by Gasteiger charge is 2.26. The van der Waals surface area contributed by atoms with Crippen molar-refractivity contribution in [3.8, 4) is 5.75 Å². The van der Waals surface area contributed by atoms with Gasteiger partial charge in [-0.1, -0.05) is 68.4 Å². The van der Waals surface area contributed by atoms with Crippen molar-refractivity contribution >= 4 is 22.6 Å². The Labute approximate surface area is 196 Å². The van der Waals surface area contributed by atoms with Crippen molar-refractivity contribution in [2.24, 2.45) is 5.92 Å². The van der Waals surface area contributed by atoms with E-state index in [1.807, 2.05) is 42.5 Å². The van der Waals surface area contributed by atoms with Crippen molar-refractivity contribution in [1.29, 1.82) is 0 Å². The van der Waals surface area contributed by atoms with Crippen LogP contribution in [0, 0.1) is 5.92 Å². The van der Waals surface area contributed by atoms with Gasteiger partial charge in [-0.05, 0) is 53.3 Å². The topological polar surface area (TPSA) is 58.6 Å². The quantitative estimate of drug-likeness (QED) is 0.478. The molecular formula is C28H34N2O3. The van der Waals surface area contributed by atoms with Crippen LogP contribution >= 0.6 is 0 Å². The van der Waals surface area contributed by atoms with Crippen LogP contribution in [0.15, 0.2) is 66.7 Å². The molecule has 5 heteroatoms. The Kier molecular flexibility index (Phi) is 8.47. The molecule has 0 aromatic heterocycles. The number of ether oxygens (including phenoxy) is 1. The molecule has 0 saturated carbocycles. The molecule has 0 aliphatic rings. The van der Waals surface area contributed by atoms with Crippen molar-refractivity contribution in [3.05, 3.63) is 77.9 Å². The predicted molar refractivity (Wildman–Crippen MR) is 133 cm³/mol. The second kappa shape index (κ2) is 11.5. The number of hydrogen-bond acceptors (Lipinski definition) is 3. The lowest BCUT2D eigenvalue weighted by Gasteiger charge is -2.29. The Balaban J connectivity index is 1.77. The molecule has 0 fully saturated rings. The molecule has 3 aromatic carbocycles. The fourth-order valence-electron chi connectivity index (χ4n) is 3.86. The van der Waals surface area contributed by atoms with Crippen molar-refractivity contribution in [2.75, 3.05) is 13.7 Å². The van der Waals surface area contributed by atoms with Gasteiger partial charge in [0, 0.05) is 19.5 Å². The first-order valence-electron chi connectivity index (χ1n) is 11.6. The number of hydrogen-bond donors (Lipinski definition) is 1. The maximum atomic E-state index is 13.4. The minimum absolute atomic E-state index is 0.0362. The van der Waals surface area contributed by atoms with E-state index in [1.165, 1.54) is 5.39 Å². The molecular weight excluding hydrogens is 412 g/mol. The van der Waals surface area contributed by atoms with Crippen LogP contribution in [0.5, 0.6) is 5.75 Å². The molecule has 0 unspecified atom stereocenters. The van der Waals surface area contributed by atoms with Crippen LogP contribution in [-0.2, 0) is 22.6 Å². The number of carbonyl (C=O) groups is 2. The van der Waals surface area contributed by atoms with Crippen LogP contribution < -0.4 is 10.1 Å². The molecule has 0 heterocycles. The number of methoxy groups -OCH3 is 1. The first-order valence-corrected chi connectivity index (χ1v) is 11.6. The first-order chi connectivity index (χ1) is 15.9. The van der Waals surface area contributed by atoms with Gasteiger partial charge in [0.15, 0.2) is 0 Å². The van der Waals surface area contributed by atoms with Gasteiger partial charge in [-0.25, -0.2) is 0 Å². The molecule has 0 radical (unpaired) electrons. The molecule has 0 bridgehead atoms. The summed E-state index contributed by atoms with van der Waals surface area (Å²) in [7, 11) is 1.62. The number of aryl methyl sites for hydroxylation is 1. The molecule has 33 heavy (non-hydrogen) atoms. The van der Waals surface area contributed by atoms with Crippen LogP contribution in [0.1, 0.15) is 38.3 Å². The summed E-state index contributed by atoms with van der Waals surface area (Å²) >= 11 is 0. The number of amides is 2. The Morgan fingerprint density at radius 2 is 1.64 bits per heavy atom. The van der Waals surface area contributed by atoms with Crippen molar-refractivity contribution < 1.29 is 14.3 Å². The summed E-state index contributed by atoms with van der Waals surface area (Å²) in [6, 6.07) is 21.4. The van der Waals surface area contributed by atoms with Gasteiger partial charge in [0.1, 0.15) is 11.8 Å². The van der Waals surface area contributed by atoms with E-state index in [9.17, 15) is 9.59 Å². The molecule has 2 amide bonds. The number of nitrogens with one attached hydrogen (secondary N) is 1. The van der Waals surface area contributed by atoms with Crippen molar-refractivity contribution in [3.63, 3.8) is 0 Å². The predicted octanol–water partition coefficient (Wildman–Crippen LogP) is 4.97. The maximum absolute atomic E-state index is 13.4. The molecule has 3 rings (SSSR count). The lowest BCUT2D eigenvalue weighted by molar-refractivity contribution is -0.140. The highest BCUT2D eigenvalue weighted by Crippen LogP contribution is 2.21. The van der Waals surface area contributed by atoms with E-state index < -0.39 is 6.04 Å². The van der Waals surface area contributed by atoms with Crippen LogP contribution in [0.25, 0.3) is 10.8 Å². The van der Waals surface area contributed by atoms with E-state index in [1.54, 1.807) is 18.9 Å². The molecule has 0 aliphatic heterocycles. The summed E-state index contributed by atoms with van der Waals surface area (Å²) in [6.45, 7) is 6.86. The van der Waals surface area contributed by atoms with Gasteiger partial charge >= 0.3 is 0 Å². The largest absolute Gasteiger partial charge is 0.497 e.